The number of benzene rings is 2. The molecule has 0 saturated carbocycles. The van der Waals surface area contributed by atoms with Gasteiger partial charge in [0.05, 0.1) is 11.3 Å². The van der Waals surface area contributed by atoms with Gasteiger partial charge in [-0.15, -0.1) is 0 Å². The molecule has 2 aromatic carbocycles. The first kappa shape index (κ1) is 17.9. The second-order valence-electron chi connectivity index (χ2n) is 5.75. The van der Waals surface area contributed by atoms with Crippen molar-refractivity contribution in [1.29, 1.82) is 0 Å². The SMILES string of the molecule is O=C(NCc1ccc(F)cc1)c1cncc(NCc2ccc(Cl)cc2)c1. The van der Waals surface area contributed by atoms with E-state index in [1.165, 1.54) is 18.3 Å². The maximum Gasteiger partial charge on any atom is 0.253 e. The highest BCUT2D eigenvalue weighted by Crippen LogP contribution is 2.13. The molecule has 1 aromatic heterocycles. The molecule has 132 valence electrons. The van der Waals surface area contributed by atoms with Gasteiger partial charge >= 0.3 is 0 Å². The van der Waals surface area contributed by atoms with Gasteiger partial charge in [0.15, 0.2) is 0 Å². The van der Waals surface area contributed by atoms with Crippen LogP contribution in [0, 0.1) is 5.82 Å². The van der Waals surface area contributed by atoms with Gasteiger partial charge in [0.1, 0.15) is 5.82 Å². The van der Waals surface area contributed by atoms with E-state index >= 15 is 0 Å². The molecule has 1 heterocycles. The number of rotatable bonds is 6. The molecule has 3 rings (SSSR count). The molecule has 0 aliphatic heterocycles. The predicted molar refractivity (Wildman–Crippen MR) is 101 cm³/mol. The van der Waals surface area contributed by atoms with Crippen molar-refractivity contribution in [1.82, 2.24) is 10.3 Å². The van der Waals surface area contributed by atoms with Crippen LogP contribution in [0.4, 0.5) is 10.1 Å². The summed E-state index contributed by atoms with van der Waals surface area (Å²) in [6.07, 6.45) is 3.17. The van der Waals surface area contributed by atoms with Gasteiger partial charge in [0.25, 0.3) is 5.91 Å². The smallest absolute Gasteiger partial charge is 0.253 e. The molecule has 0 unspecified atom stereocenters. The molecule has 0 aliphatic carbocycles. The molecule has 0 atom stereocenters. The van der Waals surface area contributed by atoms with Crippen LogP contribution in [0.15, 0.2) is 67.0 Å². The van der Waals surface area contributed by atoms with Crippen LogP contribution < -0.4 is 10.6 Å². The number of nitrogens with one attached hydrogen (secondary N) is 2. The highest BCUT2D eigenvalue weighted by molar-refractivity contribution is 6.30. The van der Waals surface area contributed by atoms with Gasteiger partial charge in [-0.25, -0.2) is 4.39 Å². The average molecular weight is 370 g/mol. The van der Waals surface area contributed by atoms with E-state index < -0.39 is 0 Å². The van der Waals surface area contributed by atoms with Crippen molar-refractivity contribution in [2.75, 3.05) is 5.32 Å². The highest BCUT2D eigenvalue weighted by Gasteiger charge is 2.07. The first-order chi connectivity index (χ1) is 12.6. The normalized spacial score (nSPS) is 10.4. The number of halogens is 2. The lowest BCUT2D eigenvalue weighted by Crippen LogP contribution is -2.23. The summed E-state index contributed by atoms with van der Waals surface area (Å²) in [6, 6.07) is 15.3. The molecule has 2 N–H and O–H groups in total. The second kappa shape index (κ2) is 8.45. The fourth-order valence-electron chi connectivity index (χ4n) is 2.35. The third kappa shape index (κ3) is 5.04. The number of hydrogen-bond donors (Lipinski definition) is 2. The molecule has 0 spiro atoms. The molecule has 26 heavy (non-hydrogen) atoms. The molecule has 0 radical (unpaired) electrons. The van der Waals surface area contributed by atoms with Gasteiger partial charge in [-0.2, -0.15) is 0 Å². The van der Waals surface area contributed by atoms with E-state index in [1.807, 2.05) is 24.3 Å². The number of carbonyl (C=O) groups is 1. The lowest BCUT2D eigenvalue weighted by Gasteiger charge is -2.09. The Hall–Kier alpha value is -2.92. The molecule has 0 bridgehead atoms. The summed E-state index contributed by atoms with van der Waals surface area (Å²) in [5.41, 5.74) is 3.09. The van der Waals surface area contributed by atoms with Gasteiger partial charge in [-0.1, -0.05) is 35.9 Å². The Bertz CT molecular complexity index is 882. The summed E-state index contributed by atoms with van der Waals surface area (Å²) in [7, 11) is 0. The Labute approximate surface area is 156 Å². The Balaban J connectivity index is 1.58. The minimum absolute atomic E-state index is 0.239. The number of anilines is 1. The van der Waals surface area contributed by atoms with E-state index in [0.29, 0.717) is 23.7 Å². The fraction of sp³-hybridized carbons (Fsp3) is 0.100. The first-order valence-electron chi connectivity index (χ1n) is 8.06. The largest absolute Gasteiger partial charge is 0.380 e. The maximum atomic E-state index is 12.9. The van der Waals surface area contributed by atoms with Gasteiger partial charge in [0, 0.05) is 30.5 Å². The first-order valence-corrected chi connectivity index (χ1v) is 8.44. The van der Waals surface area contributed by atoms with Crippen molar-refractivity contribution in [2.45, 2.75) is 13.1 Å². The number of hydrogen-bond acceptors (Lipinski definition) is 3. The molecule has 0 saturated heterocycles. The van der Waals surface area contributed by atoms with Crippen LogP contribution in [0.25, 0.3) is 0 Å². The maximum absolute atomic E-state index is 12.9. The van der Waals surface area contributed by atoms with E-state index in [4.69, 9.17) is 11.6 Å². The van der Waals surface area contributed by atoms with Crippen LogP contribution in [-0.2, 0) is 13.1 Å². The second-order valence-corrected chi connectivity index (χ2v) is 6.19. The monoisotopic (exact) mass is 369 g/mol. The minimum Gasteiger partial charge on any atom is -0.380 e. The van der Waals surface area contributed by atoms with E-state index in [1.54, 1.807) is 24.4 Å². The summed E-state index contributed by atoms with van der Waals surface area (Å²) in [6.45, 7) is 0.918. The zero-order valence-electron chi connectivity index (χ0n) is 13.9. The van der Waals surface area contributed by atoms with Crippen LogP contribution >= 0.6 is 11.6 Å². The molecule has 0 fully saturated rings. The lowest BCUT2D eigenvalue weighted by molar-refractivity contribution is 0.0950. The number of amides is 1. The Morgan fingerprint density at radius 3 is 2.35 bits per heavy atom. The number of pyridine rings is 1. The quantitative estimate of drug-likeness (QED) is 0.676. The van der Waals surface area contributed by atoms with Crippen molar-refractivity contribution in [3.8, 4) is 0 Å². The minimum atomic E-state index is -0.302. The van der Waals surface area contributed by atoms with E-state index in [-0.39, 0.29) is 11.7 Å². The third-order valence-electron chi connectivity index (χ3n) is 3.78. The molecule has 0 aliphatic rings. The van der Waals surface area contributed by atoms with Gasteiger partial charge in [-0.3, -0.25) is 9.78 Å². The third-order valence-corrected chi connectivity index (χ3v) is 4.03. The number of nitrogens with zero attached hydrogens (tertiary/aromatic N) is 1. The molecular weight excluding hydrogens is 353 g/mol. The van der Waals surface area contributed by atoms with Gasteiger partial charge in [-0.05, 0) is 41.5 Å². The number of aromatic nitrogens is 1. The van der Waals surface area contributed by atoms with Crippen LogP contribution in [0.5, 0.6) is 0 Å². The van der Waals surface area contributed by atoms with E-state index in [2.05, 4.69) is 15.6 Å². The van der Waals surface area contributed by atoms with Crippen molar-refractivity contribution < 1.29 is 9.18 Å². The summed E-state index contributed by atoms with van der Waals surface area (Å²) < 4.78 is 12.9. The zero-order valence-corrected chi connectivity index (χ0v) is 14.6. The molecule has 4 nitrogen and oxygen atoms in total. The Kier molecular flexibility index (Phi) is 5.81. The van der Waals surface area contributed by atoms with Gasteiger partial charge in [0.2, 0.25) is 0 Å². The van der Waals surface area contributed by atoms with Crippen molar-refractivity contribution >= 4 is 23.2 Å². The zero-order chi connectivity index (χ0) is 18.4. The number of carbonyl (C=O) groups excluding carboxylic acids is 1. The average Bonchev–Trinajstić information content (AvgIpc) is 2.67. The van der Waals surface area contributed by atoms with Crippen molar-refractivity contribution in [3.63, 3.8) is 0 Å². The highest BCUT2D eigenvalue weighted by atomic mass is 35.5. The molecule has 3 aromatic rings. The standard InChI is InChI=1S/C20H17ClFN3O/c21-17-5-1-14(2-6-17)10-24-19-9-16(12-23-13-19)20(26)25-11-15-3-7-18(22)8-4-15/h1-9,12-13,24H,10-11H2,(H,25,26). The van der Waals surface area contributed by atoms with Crippen molar-refractivity contribution in [3.05, 3.63) is 94.5 Å². The van der Waals surface area contributed by atoms with Crippen LogP contribution in [0.3, 0.4) is 0 Å². The predicted octanol–water partition coefficient (Wildman–Crippen LogP) is 4.42. The van der Waals surface area contributed by atoms with E-state index in [0.717, 1.165) is 16.8 Å². The topological polar surface area (TPSA) is 54.0 Å². The Morgan fingerprint density at radius 1 is 0.962 bits per heavy atom. The molecule has 6 heteroatoms. The summed E-state index contributed by atoms with van der Waals surface area (Å²) in [5.74, 6) is -0.541. The fourth-order valence-corrected chi connectivity index (χ4v) is 2.48. The van der Waals surface area contributed by atoms with Crippen LogP contribution in [-0.4, -0.2) is 10.9 Å². The molecule has 1 amide bonds. The van der Waals surface area contributed by atoms with E-state index in [9.17, 15) is 9.18 Å². The van der Waals surface area contributed by atoms with Crippen molar-refractivity contribution in [2.24, 2.45) is 0 Å². The summed E-state index contributed by atoms with van der Waals surface area (Å²) >= 11 is 5.87. The molecular formula is C20H17ClFN3O. The van der Waals surface area contributed by atoms with Crippen LogP contribution in [0.2, 0.25) is 5.02 Å². The Morgan fingerprint density at radius 2 is 1.62 bits per heavy atom. The summed E-state index contributed by atoms with van der Waals surface area (Å²) in [4.78, 5) is 16.4. The lowest BCUT2D eigenvalue weighted by atomic mass is 10.2. The van der Waals surface area contributed by atoms with Gasteiger partial charge < -0.3 is 10.6 Å². The summed E-state index contributed by atoms with van der Waals surface area (Å²) in [5, 5.41) is 6.72. The van der Waals surface area contributed by atoms with Crippen LogP contribution in [0.1, 0.15) is 21.5 Å².